The summed E-state index contributed by atoms with van der Waals surface area (Å²) in [6.45, 7) is 8.11. The summed E-state index contributed by atoms with van der Waals surface area (Å²) in [7, 11) is 0. The smallest absolute Gasteiger partial charge is 0.408 e. The third-order valence-electron chi connectivity index (χ3n) is 4.91. The number of aromatic amines is 1. The Morgan fingerprint density at radius 1 is 1.23 bits per heavy atom. The molecule has 1 amide bonds. The molecule has 0 aliphatic carbocycles. The van der Waals surface area contributed by atoms with Crippen LogP contribution in [0.15, 0.2) is 12.4 Å². The van der Waals surface area contributed by atoms with E-state index in [4.69, 9.17) is 21.3 Å². The first-order chi connectivity index (χ1) is 14.7. The first-order valence-electron chi connectivity index (χ1n) is 9.80. The van der Waals surface area contributed by atoms with Crippen molar-refractivity contribution < 1.29 is 14.6 Å². The number of H-pyrrole nitrogens is 1. The average Bonchev–Trinajstić information content (AvgIpc) is 3.11. The van der Waals surface area contributed by atoms with Gasteiger partial charge in [0.2, 0.25) is 5.28 Å². The summed E-state index contributed by atoms with van der Waals surface area (Å²) in [5, 5.41) is 9.71. The number of hydrogen-bond acceptors (Lipinski definition) is 8. The van der Waals surface area contributed by atoms with Gasteiger partial charge in [0.25, 0.3) is 0 Å². The van der Waals surface area contributed by atoms with E-state index in [0.29, 0.717) is 60.5 Å². The van der Waals surface area contributed by atoms with Crippen LogP contribution in [0.4, 0.5) is 10.6 Å². The van der Waals surface area contributed by atoms with E-state index >= 15 is 0 Å². The van der Waals surface area contributed by atoms with Crippen molar-refractivity contribution in [2.24, 2.45) is 0 Å². The maximum Gasteiger partial charge on any atom is 0.408 e. The largest absolute Gasteiger partial charge is 0.465 e. The molecule has 11 nitrogen and oxygen atoms in total. The van der Waals surface area contributed by atoms with Gasteiger partial charge in [0, 0.05) is 31.0 Å². The molecule has 2 N–H and O–H groups in total. The zero-order valence-corrected chi connectivity index (χ0v) is 18.2. The molecule has 3 aromatic heterocycles. The average molecular weight is 447 g/mol. The minimum Gasteiger partial charge on any atom is -0.465 e. The second-order valence-corrected chi connectivity index (χ2v) is 8.48. The van der Waals surface area contributed by atoms with Crippen molar-refractivity contribution in [1.29, 1.82) is 0 Å². The maximum atomic E-state index is 11.6. The molecule has 4 rings (SSSR count). The number of nitrogens with zero attached hydrogens (tertiary/aromatic N) is 7. The van der Waals surface area contributed by atoms with Gasteiger partial charge in [-0.15, -0.1) is 0 Å². The van der Waals surface area contributed by atoms with Crippen molar-refractivity contribution in [3.8, 4) is 11.4 Å². The standard InChI is InChI=1S/C19H23ClN8O3/c1-19(2,3)28(18(29)30)10-12-21-8-11(9-22-12)14-24-15-13(23-17(20)26-15)16(25-14)27-4-6-31-7-5-27/h8-9H,4-7,10H2,1-3H3,(H,29,30)(H,23,24,25,26). The fourth-order valence-electron chi connectivity index (χ4n) is 3.27. The van der Waals surface area contributed by atoms with Crippen LogP contribution in [-0.4, -0.2) is 77.8 Å². The van der Waals surface area contributed by atoms with Crippen LogP contribution in [0.5, 0.6) is 0 Å². The number of carbonyl (C=O) groups is 1. The number of fused-ring (bicyclic) bond motifs is 1. The third-order valence-corrected chi connectivity index (χ3v) is 5.09. The number of amides is 1. The third kappa shape index (κ3) is 4.52. The summed E-state index contributed by atoms with van der Waals surface area (Å²) in [6, 6.07) is 0. The van der Waals surface area contributed by atoms with Gasteiger partial charge in [-0.25, -0.2) is 29.7 Å². The molecule has 0 radical (unpaired) electrons. The van der Waals surface area contributed by atoms with Crippen molar-refractivity contribution in [3.63, 3.8) is 0 Å². The van der Waals surface area contributed by atoms with Crippen LogP contribution in [0.1, 0.15) is 26.6 Å². The van der Waals surface area contributed by atoms with Crippen LogP contribution >= 0.6 is 11.6 Å². The number of rotatable bonds is 4. The summed E-state index contributed by atoms with van der Waals surface area (Å²) in [4.78, 5) is 40.1. The summed E-state index contributed by atoms with van der Waals surface area (Å²) in [6.07, 6.45) is 2.15. The lowest BCUT2D eigenvalue weighted by atomic mass is 10.1. The molecule has 0 spiro atoms. The number of halogens is 1. The number of ether oxygens (including phenoxy) is 1. The van der Waals surface area contributed by atoms with Crippen LogP contribution in [-0.2, 0) is 11.3 Å². The first kappa shape index (κ1) is 21.2. The van der Waals surface area contributed by atoms with Gasteiger partial charge in [0.1, 0.15) is 5.82 Å². The highest BCUT2D eigenvalue weighted by Gasteiger charge is 2.27. The summed E-state index contributed by atoms with van der Waals surface area (Å²) in [5.74, 6) is 1.48. The highest BCUT2D eigenvalue weighted by molar-refractivity contribution is 6.29. The normalized spacial score (nSPS) is 14.8. The van der Waals surface area contributed by atoms with E-state index < -0.39 is 11.6 Å². The molecule has 4 heterocycles. The van der Waals surface area contributed by atoms with Gasteiger partial charge >= 0.3 is 6.09 Å². The Balaban J connectivity index is 1.66. The number of morpholine rings is 1. The van der Waals surface area contributed by atoms with Crippen LogP contribution in [0.25, 0.3) is 22.6 Å². The summed E-state index contributed by atoms with van der Waals surface area (Å²) < 4.78 is 5.43. The highest BCUT2D eigenvalue weighted by atomic mass is 35.5. The van der Waals surface area contributed by atoms with E-state index in [1.165, 1.54) is 4.90 Å². The monoisotopic (exact) mass is 446 g/mol. The van der Waals surface area contributed by atoms with E-state index in [1.54, 1.807) is 12.4 Å². The Labute approximate surface area is 183 Å². The van der Waals surface area contributed by atoms with Crippen LogP contribution < -0.4 is 4.90 Å². The molecule has 0 saturated carbocycles. The number of imidazole rings is 1. The van der Waals surface area contributed by atoms with Crippen LogP contribution in [0.2, 0.25) is 5.28 Å². The minimum absolute atomic E-state index is 0.0776. The lowest BCUT2D eigenvalue weighted by molar-refractivity contribution is 0.0937. The predicted molar refractivity (Wildman–Crippen MR) is 114 cm³/mol. The SMILES string of the molecule is CC(C)(C)N(Cc1ncc(-c2nc(N3CCOCC3)c3nc(Cl)[nH]c3n2)cn1)C(=O)O. The number of nitrogens with one attached hydrogen (secondary N) is 1. The maximum absolute atomic E-state index is 11.6. The Bertz CT molecular complexity index is 1090. The van der Waals surface area contributed by atoms with Crippen LogP contribution in [0.3, 0.4) is 0 Å². The number of anilines is 1. The first-order valence-corrected chi connectivity index (χ1v) is 10.2. The minimum atomic E-state index is -1.03. The lowest BCUT2D eigenvalue weighted by Crippen LogP contribution is -2.44. The van der Waals surface area contributed by atoms with E-state index in [1.807, 2.05) is 20.8 Å². The fraction of sp³-hybridized carbons (Fsp3) is 0.474. The predicted octanol–water partition coefficient (Wildman–Crippen LogP) is 2.58. The van der Waals surface area contributed by atoms with Gasteiger partial charge in [-0.1, -0.05) is 0 Å². The van der Waals surface area contributed by atoms with E-state index in [9.17, 15) is 9.90 Å². The van der Waals surface area contributed by atoms with Crippen molar-refractivity contribution in [2.75, 3.05) is 31.2 Å². The highest BCUT2D eigenvalue weighted by Crippen LogP contribution is 2.27. The molecule has 1 saturated heterocycles. The Hall–Kier alpha value is -3.05. The molecule has 1 aliphatic heterocycles. The van der Waals surface area contributed by atoms with E-state index in [-0.39, 0.29) is 11.8 Å². The van der Waals surface area contributed by atoms with Gasteiger partial charge in [-0.2, -0.15) is 0 Å². The molecule has 1 fully saturated rings. The molecule has 31 heavy (non-hydrogen) atoms. The second-order valence-electron chi connectivity index (χ2n) is 8.12. The lowest BCUT2D eigenvalue weighted by Gasteiger charge is -2.32. The molecule has 12 heteroatoms. The molecule has 0 unspecified atom stereocenters. The molecule has 164 valence electrons. The van der Waals surface area contributed by atoms with Crippen molar-refractivity contribution in [3.05, 3.63) is 23.5 Å². The van der Waals surface area contributed by atoms with Gasteiger partial charge < -0.3 is 19.7 Å². The van der Waals surface area contributed by atoms with Gasteiger partial charge in [0.15, 0.2) is 22.8 Å². The molecule has 0 bridgehead atoms. The van der Waals surface area contributed by atoms with Gasteiger partial charge in [-0.3, -0.25) is 4.90 Å². The quantitative estimate of drug-likeness (QED) is 0.580. The molecular weight excluding hydrogens is 424 g/mol. The molecular formula is C19H23ClN8O3. The zero-order chi connectivity index (χ0) is 22.2. The number of aromatic nitrogens is 6. The van der Waals surface area contributed by atoms with Gasteiger partial charge in [0.05, 0.1) is 25.3 Å². The summed E-state index contributed by atoms with van der Waals surface area (Å²) in [5.41, 5.74) is 1.14. The second kappa shape index (κ2) is 8.23. The molecule has 0 aromatic carbocycles. The zero-order valence-electron chi connectivity index (χ0n) is 17.5. The Morgan fingerprint density at radius 2 is 1.90 bits per heavy atom. The van der Waals surface area contributed by atoms with E-state index in [0.717, 1.165) is 0 Å². The number of hydrogen-bond donors (Lipinski definition) is 2. The topological polar surface area (TPSA) is 133 Å². The van der Waals surface area contributed by atoms with E-state index in [2.05, 4.69) is 29.8 Å². The number of carboxylic acid groups (broad SMARTS) is 1. The Morgan fingerprint density at radius 3 is 2.52 bits per heavy atom. The molecule has 1 aliphatic rings. The fourth-order valence-corrected chi connectivity index (χ4v) is 3.44. The van der Waals surface area contributed by atoms with Crippen LogP contribution in [0, 0.1) is 0 Å². The van der Waals surface area contributed by atoms with Crippen molar-refractivity contribution >= 4 is 34.7 Å². The van der Waals surface area contributed by atoms with Crippen molar-refractivity contribution in [1.82, 2.24) is 34.8 Å². The summed E-state index contributed by atoms with van der Waals surface area (Å²) >= 11 is 6.07. The molecule has 3 aromatic rings. The Kier molecular flexibility index (Phi) is 5.63. The van der Waals surface area contributed by atoms with Crippen molar-refractivity contribution in [2.45, 2.75) is 32.9 Å². The molecule has 0 atom stereocenters. The van der Waals surface area contributed by atoms with Gasteiger partial charge in [-0.05, 0) is 32.4 Å².